The van der Waals surface area contributed by atoms with E-state index in [2.05, 4.69) is 16.4 Å². The summed E-state index contributed by atoms with van der Waals surface area (Å²) >= 11 is 0. The van der Waals surface area contributed by atoms with Crippen LogP contribution >= 0.6 is 0 Å². The molecule has 0 aliphatic carbocycles. The second-order valence-electron chi connectivity index (χ2n) is 7.99. The van der Waals surface area contributed by atoms with Gasteiger partial charge in [0, 0.05) is 36.9 Å². The highest BCUT2D eigenvalue weighted by atomic mass is 16.2. The summed E-state index contributed by atoms with van der Waals surface area (Å²) in [5.41, 5.74) is 1.86. The molecule has 0 spiro atoms. The third-order valence-corrected chi connectivity index (χ3v) is 5.97. The Morgan fingerprint density at radius 3 is 2.69 bits per heavy atom. The van der Waals surface area contributed by atoms with Crippen molar-refractivity contribution in [3.8, 4) is 0 Å². The van der Waals surface area contributed by atoms with Crippen LogP contribution in [0.1, 0.15) is 32.3 Å². The summed E-state index contributed by atoms with van der Waals surface area (Å²) in [6.45, 7) is 5.54. The van der Waals surface area contributed by atoms with Crippen LogP contribution < -0.4 is 5.32 Å². The van der Waals surface area contributed by atoms with E-state index < -0.39 is 0 Å². The van der Waals surface area contributed by atoms with Crippen molar-refractivity contribution in [3.05, 3.63) is 42.1 Å². The van der Waals surface area contributed by atoms with E-state index in [0.29, 0.717) is 5.92 Å². The Morgan fingerprint density at radius 2 is 2.00 bits per heavy atom. The summed E-state index contributed by atoms with van der Waals surface area (Å²) in [6, 6.07) is 8.38. The lowest BCUT2D eigenvalue weighted by molar-refractivity contribution is -0.147. The smallest absolute Gasteiger partial charge is 0.246 e. The van der Waals surface area contributed by atoms with E-state index in [-0.39, 0.29) is 23.3 Å². The number of rotatable bonds is 3. The Bertz CT molecular complexity index is 872. The lowest BCUT2D eigenvalue weighted by Gasteiger charge is -2.50. The normalized spacial score (nSPS) is 23.2. The molecular formula is C21H25N3O2. The van der Waals surface area contributed by atoms with Crippen molar-refractivity contribution < 1.29 is 9.59 Å². The van der Waals surface area contributed by atoms with Crippen LogP contribution in [0.15, 0.2) is 36.5 Å². The Morgan fingerprint density at radius 1 is 1.23 bits per heavy atom. The van der Waals surface area contributed by atoms with E-state index in [1.165, 1.54) is 0 Å². The van der Waals surface area contributed by atoms with Gasteiger partial charge in [-0.25, -0.2) is 0 Å². The molecule has 5 heteroatoms. The molecule has 5 nitrogen and oxygen atoms in total. The zero-order valence-corrected chi connectivity index (χ0v) is 15.3. The molecular weight excluding hydrogens is 326 g/mol. The average molecular weight is 351 g/mol. The molecule has 2 amide bonds. The van der Waals surface area contributed by atoms with Gasteiger partial charge in [-0.2, -0.15) is 0 Å². The minimum atomic E-state index is -0.270. The van der Waals surface area contributed by atoms with Crippen molar-refractivity contribution in [1.82, 2.24) is 15.2 Å². The second-order valence-corrected chi connectivity index (χ2v) is 7.99. The molecule has 2 saturated heterocycles. The maximum Gasteiger partial charge on any atom is 0.246 e. The van der Waals surface area contributed by atoms with Crippen molar-refractivity contribution in [1.29, 1.82) is 0 Å². The largest absolute Gasteiger partial charge is 0.361 e. The summed E-state index contributed by atoms with van der Waals surface area (Å²) in [6.07, 6.45) is 7.37. The first-order valence-electron chi connectivity index (χ1n) is 9.30. The molecule has 2 aliphatic heterocycles. The zero-order chi connectivity index (χ0) is 18.3. The number of likely N-dealkylation sites (tertiary alicyclic amines) is 1. The molecule has 2 fully saturated rings. The van der Waals surface area contributed by atoms with Gasteiger partial charge in [0.1, 0.15) is 0 Å². The molecule has 2 aromatic rings. The number of amides is 2. The SMILES string of the molecule is CC1(C)C(=O)NC1C1CCN(C(=O)/C=C/c2ccc3[nH]ccc3c2)CC1. The molecule has 2 N–H and O–H groups in total. The molecule has 1 atom stereocenters. The molecule has 1 aromatic carbocycles. The number of β-lactam (4-membered cyclic amide) rings is 1. The monoisotopic (exact) mass is 351 g/mol. The van der Waals surface area contributed by atoms with E-state index in [0.717, 1.165) is 42.4 Å². The highest BCUT2D eigenvalue weighted by Gasteiger charge is 2.51. The van der Waals surface area contributed by atoms with Gasteiger partial charge in [0.05, 0.1) is 5.41 Å². The number of hydrogen-bond acceptors (Lipinski definition) is 2. The number of aromatic nitrogens is 1. The Hall–Kier alpha value is -2.56. The molecule has 0 bridgehead atoms. The first-order chi connectivity index (χ1) is 12.4. The van der Waals surface area contributed by atoms with Gasteiger partial charge >= 0.3 is 0 Å². The summed E-state index contributed by atoms with van der Waals surface area (Å²) in [5, 5.41) is 4.19. The minimum absolute atomic E-state index is 0.0644. The highest BCUT2D eigenvalue weighted by Crippen LogP contribution is 2.38. The number of carbonyl (C=O) groups excluding carboxylic acids is 2. The summed E-state index contributed by atoms with van der Waals surface area (Å²) in [5.74, 6) is 0.671. The fourth-order valence-corrected chi connectivity index (χ4v) is 4.18. The number of aromatic amines is 1. The van der Waals surface area contributed by atoms with Crippen LogP contribution in [0, 0.1) is 11.3 Å². The molecule has 1 aromatic heterocycles. The molecule has 0 radical (unpaired) electrons. The number of nitrogens with one attached hydrogen (secondary N) is 2. The van der Waals surface area contributed by atoms with E-state index in [9.17, 15) is 9.59 Å². The van der Waals surface area contributed by atoms with Gasteiger partial charge in [-0.3, -0.25) is 9.59 Å². The Kier molecular flexibility index (Phi) is 4.10. The number of piperidine rings is 1. The van der Waals surface area contributed by atoms with Gasteiger partial charge < -0.3 is 15.2 Å². The maximum absolute atomic E-state index is 12.5. The van der Waals surface area contributed by atoms with Crippen LogP contribution in [0.2, 0.25) is 0 Å². The average Bonchev–Trinajstić information content (AvgIpc) is 3.12. The summed E-state index contributed by atoms with van der Waals surface area (Å²) < 4.78 is 0. The van der Waals surface area contributed by atoms with Gasteiger partial charge in [-0.05, 0) is 67.8 Å². The van der Waals surface area contributed by atoms with Crippen LogP contribution in [0.3, 0.4) is 0 Å². The second kappa shape index (κ2) is 6.31. The fourth-order valence-electron chi connectivity index (χ4n) is 4.18. The third-order valence-electron chi connectivity index (χ3n) is 5.97. The molecule has 26 heavy (non-hydrogen) atoms. The molecule has 4 rings (SSSR count). The van der Waals surface area contributed by atoms with Crippen molar-refractivity contribution in [2.75, 3.05) is 13.1 Å². The predicted octanol–water partition coefficient (Wildman–Crippen LogP) is 2.94. The first kappa shape index (κ1) is 16.9. The molecule has 2 aliphatic rings. The lowest BCUT2D eigenvalue weighted by atomic mass is 9.68. The van der Waals surface area contributed by atoms with Crippen molar-refractivity contribution in [2.45, 2.75) is 32.7 Å². The van der Waals surface area contributed by atoms with Crippen LogP contribution in [-0.2, 0) is 9.59 Å². The molecule has 1 unspecified atom stereocenters. The first-order valence-corrected chi connectivity index (χ1v) is 9.30. The molecule has 3 heterocycles. The summed E-state index contributed by atoms with van der Waals surface area (Å²) in [4.78, 5) is 29.2. The highest BCUT2D eigenvalue weighted by molar-refractivity contribution is 5.93. The molecule has 0 saturated carbocycles. The predicted molar refractivity (Wildman–Crippen MR) is 102 cm³/mol. The van der Waals surface area contributed by atoms with Crippen LogP contribution in [0.4, 0.5) is 0 Å². The number of H-pyrrole nitrogens is 1. The van der Waals surface area contributed by atoms with Gasteiger partial charge in [0.2, 0.25) is 11.8 Å². The number of hydrogen-bond donors (Lipinski definition) is 2. The number of fused-ring (bicyclic) bond motifs is 1. The maximum atomic E-state index is 12.5. The van der Waals surface area contributed by atoms with E-state index in [1.54, 1.807) is 6.08 Å². The zero-order valence-electron chi connectivity index (χ0n) is 15.3. The van der Waals surface area contributed by atoms with Crippen molar-refractivity contribution >= 4 is 28.8 Å². The van der Waals surface area contributed by atoms with Crippen molar-refractivity contribution in [3.63, 3.8) is 0 Å². The van der Waals surface area contributed by atoms with Crippen LogP contribution in [-0.4, -0.2) is 40.8 Å². The fraction of sp³-hybridized carbons (Fsp3) is 0.429. The topological polar surface area (TPSA) is 65.2 Å². The summed E-state index contributed by atoms with van der Waals surface area (Å²) in [7, 11) is 0. The van der Waals surface area contributed by atoms with Gasteiger partial charge in [-0.1, -0.05) is 6.07 Å². The van der Waals surface area contributed by atoms with Crippen LogP contribution in [0.5, 0.6) is 0 Å². The standard InChI is InChI=1S/C21H25N3O2/c1-21(2)19(23-20(21)26)15-8-11-24(12-9-15)18(25)6-4-14-3-5-17-16(13-14)7-10-22-17/h3-7,10,13,15,19,22H,8-9,11-12H2,1-2H3,(H,23,26)/b6-4+. The van der Waals surface area contributed by atoms with Gasteiger partial charge in [-0.15, -0.1) is 0 Å². The number of nitrogens with zero attached hydrogens (tertiary/aromatic N) is 1. The Labute approximate surface area is 153 Å². The lowest BCUT2D eigenvalue weighted by Crippen LogP contribution is -2.68. The van der Waals surface area contributed by atoms with Crippen LogP contribution in [0.25, 0.3) is 17.0 Å². The van der Waals surface area contributed by atoms with Gasteiger partial charge in [0.15, 0.2) is 0 Å². The van der Waals surface area contributed by atoms with E-state index in [4.69, 9.17) is 0 Å². The number of carbonyl (C=O) groups is 2. The molecule has 136 valence electrons. The third kappa shape index (κ3) is 2.91. The van der Waals surface area contributed by atoms with E-state index in [1.807, 2.05) is 49.2 Å². The minimum Gasteiger partial charge on any atom is -0.361 e. The van der Waals surface area contributed by atoms with E-state index >= 15 is 0 Å². The number of benzene rings is 1. The quantitative estimate of drug-likeness (QED) is 0.660. The van der Waals surface area contributed by atoms with Crippen molar-refractivity contribution in [2.24, 2.45) is 11.3 Å². The van der Waals surface area contributed by atoms with Gasteiger partial charge in [0.25, 0.3) is 0 Å². The Balaban J connectivity index is 1.34.